The van der Waals surface area contributed by atoms with E-state index in [0.29, 0.717) is 23.7 Å². The summed E-state index contributed by atoms with van der Waals surface area (Å²) in [5.74, 6) is 3.94. The molecule has 0 radical (unpaired) electrons. The van der Waals surface area contributed by atoms with Crippen LogP contribution in [0.5, 0.6) is 5.75 Å². The van der Waals surface area contributed by atoms with E-state index in [1.54, 1.807) is 19.3 Å². The topological polar surface area (TPSA) is 78.8 Å². The van der Waals surface area contributed by atoms with Gasteiger partial charge in [-0.1, -0.05) is 13.3 Å². The van der Waals surface area contributed by atoms with Gasteiger partial charge in [0.1, 0.15) is 5.75 Å². The lowest BCUT2D eigenvalue weighted by molar-refractivity contribution is 0.414. The van der Waals surface area contributed by atoms with Gasteiger partial charge in [-0.2, -0.15) is 0 Å². The number of fused-ring (bicyclic) bond motifs is 1. The van der Waals surface area contributed by atoms with Crippen LogP contribution in [0.2, 0.25) is 0 Å². The van der Waals surface area contributed by atoms with Crippen molar-refractivity contribution >= 4 is 22.6 Å². The Morgan fingerprint density at radius 3 is 3.04 bits per heavy atom. The fraction of sp³-hybridized carbons (Fsp3) is 0.333. The van der Waals surface area contributed by atoms with Crippen LogP contribution in [0.4, 0.5) is 0 Å². The lowest BCUT2D eigenvalue weighted by Crippen LogP contribution is -2.21. The number of nitrogens with zero attached hydrogens (tertiary/aromatic N) is 2. The Labute approximate surface area is 140 Å². The normalized spacial score (nSPS) is 13.5. The van der Waals surface area contributed by atoms with Crippen LogP contribution in [0.1, 0.15) is 30.9 Å². The Hall–Kier alpha value is -2.85. The number of rotatable bonds is 5. The van der Waals surface area contributed by atoms with Gasteiger partial charge in [0.05, 0.1) is 24.7 Å². The van der Waals surface area contributed by atoms with E-state index >= 15 is 0 Å². The second kappa shape index (κ2) is 7.15. The lowest BCUT2D eigenvalue weighted by atomic mass is 10.00. The fourth-order valence-corrected chi connectivity index (χ4v) is 2.83. The molecule has 0 spiro atoms. The molecule has 6 nitrogen and oxygen atoms in total. The van der Waals surface area contributed by atoms with E-state index in [9.17, 15) is 4.79 Å². The molecule has 0 bridgehead atoms. The number of methoxy groups -OCH3 is 1. The van der Waals surface area contributed by atoms with Crippen molar-refractivity contribution in [2.24, 2.45) is 10.1 Å². The zero-order chi connectivity index (χ0) is 16.9. The number of unbranched alkanes of at least 4 members (excludes halogenated alkanes) is 1. The summed E-state index contributed by atoms with van der Waals surface area (Å²) in [4.78, 5) is 19.6. The second-order valence-electron chi connectivity index (χ2n) is 5.57. The van der Waals surface area contributed by atoms with Crippen LogP contribution in [0.15, 0.2) is 39.2 Å². The molecule has 0 amide bonds. The Balaban J connectivity index is 2.25. The lowest BCUT2D eigenvalue weighted by Gasteiger charge is -2.15. The molecule has 124 valence electrons. The summed E-state index contributed by atoms with van der Waals surface area (Å²) in [6.07, 6.45) is 4.70. The summed E-state index contributed by atoms with van der Waals surface area (Å²) >= 11 is 0. The van der Waals surface area contributed by atoms with Crippen molar-refractivity contribution in [2.45, 2.75) is 26.2 Å². The smallest absolute Gasteiger partial charge is 0.248 e. The Bertz CT molecular complexity index is 905. The molecule has 0 unspecified atom stereocenters. The minimum Gasteiger partial charge on any atom is -0.496 e. The van der Waals surface area contributed by atoms with Crippen molar-refractivity contribution in [2.75, 3.05) is 13.7 Å². The molecular formula is C18H20N4O2. The minimum atomic E-state index is -0.126. The van der Waals surface area contributed by atoms with E-state index in [0.717, 1.165) is 35.7 Å². The van der Waals surface area contributed by atoms with Gasteiger partial charge < -0.3 is 9.72 Å². The number of ether oxygens (including phenoxy) is 1. The quantitative estimate of drug-likeness (QED) is 0.886. The predicted octanol–water partition coefficient (Wildman–Crippen LogP) is 2.37. The number of aryl methyl sites for hydroxylation is 1. The van der Waals surface area contributed by atoms with Crippen LogP contribution in [-0.2, 0) is 6.42 Å². The fourth-order valence-electron chi connectivity index (χ4n) is 2.83. The third kappa shape index (κ3) is 3.09. The Morgan fingerprint density at radius 2 is 2.25 bits per heavy atom. The highest BCUT2D eigenvalue weighted by molar-refractivity contribution is 6.11. The number of aliphatic imine (C=N–C) groups is 1. The van der Waals surface area contributed by atoms with Crippen LogP contribution in [0, 0.1) is 0 Å². The van der Waals surface area contributed by atoms with Crippen LogP contribution in [-0.4, -0.2) is 30.3 Å². The van der Waals surface area contributed by atoms with Crippen molar-refractivity contribution in [1.82, 2.24) is 10.4 Å². The van der Waals surface area contributed by atoms with Crippen molar-refractivity contribution in [3.63, 3.8) is 0 Å². The number of pyridine rings is 1. The Morgan fingerprint density at radius 1 is 1.38 bits per heavy atom. The maximum atomic E-state index is 12.2. The molecule has 0 fully saturated rings. The van der Waals surface area contributed by atoms with Crippen LogP contribution < -0.4 is 15.7 Å². The first-order valence-corrected chi connectivity index (χ1v) is 8.05. The maximum Gasteiger partial charge on any atom is 0.248 e. The molecule has 2 aromatic rings. The summed E-state index contributed by atoms with van der Waals surface area (Å²) < 4.78 is 5.49. The largest absolute Gasteiger partial charge is 0.496 e. The Kier molecular flexibility index (Phi) is 4.77. The molecule has 1 aromatic heterocycles. The van der Waals surface area contributed by atoms with E-state index < -0.39 is 0 Å². The van der Waals surface area contributed by atoms with Crippen LogP contribution in [0.25, 0.3) is 10.9 Å². The predicted molar refractivity (Wildman–Crippen MR) is 96.3 cm³/mol. The highest BCUT2D eigenvalue weighted by atomic mass is 16.5. The first-order valence-electron chi connectivity index (χ1n) is 8.05. The molecule has 0 saturated heterocycles. The number of hydrazone groups is 1. The number of aromatic nitrogens is 1. The molecule has 24 heavy (non-hydrogen) atoms. The molecule has 6 heteroatoms. The van der Waals surface area contributed by atoms with E-state index in [4.69, 9.17) is 4.74 Å². The molecule has 2 N–H and O–H groups in total. The first-order chi connectivity index (χ1) is 11.7. The first kappa shape index (κ1) is 16.0. The zero-order valence-electron chi connectivity index (χ0n) is 13.8. The van der Waals surface area contributed by atoms with Gasteiger partial charge in [-0.05, 0) is 30.5 Å². The minimum absolute atomic E-state index is 0.126. The molecule has 3 rings (SSSR count). The molecular weight excluding hydrogens is 304 g/mol. The van der Waals surface area contributed by atoms with Gasteiger partial charge in [-0.15, -0.1) is 5.10 Å². The standard InChI is InChI=1S/C18H20N4O2/c1-3-4-6-12-11-15(23)21-17-13(12)7-8-14(24-2)16(17)18-19-9-5-10-20-22-18/h5,7-8,11H,3-4,6,9H2,1-2H3,(H,19,22)(H,21,23). The van der Waals surface area contributed by atoms with E-state index in [-0.39, 0.29) is 5.56 Å². The molecule has 1 aliphatic heterocycles. The van der Waals surface area contributed by atoms with Gasteiger partial charge in [-0.3, -0.25) is 15.2 Å². The highest BCUT2D eigenvalue weighted by Crippen LogP contribution is 2.29. The van der Waals surface area contributed by atoms with Crippen molar-refractivity contribution < 1.29 is 4.74 Å². The van der Waals surface area contributed by atoms with Gasteiger partial charge in [0.2, 0.25) is 5.56 Å². The average molecular weight is 324 g/mol. The second-order valence-corrected chi connectivity index (χ2v) is 5.57. The summed E-state index contributed by atoms with van der Waals surface area (Å²) in [7, 11) is 1.60. The summed E-state index contributed by atoms with van der Waals surface area (Å²) in [6.45, 7) is 2.60. The number of benzene rings is 1. The van der Waals surface area contributed by atoms with Crippen LogP contribution >= 0.6 is 0 Å². The molecule has 2 heterocycles. The van der Waals surface area contributed by atoms with E-state index in [1.807, 2.05) is 12.1 Å². The monoisotopic (exact) mass is 324 g/mol. The number of H-pyrrole nitrogens is 1. The summed E-state index contributed by atoms with van der Waals surface area (Å²) in [6, 6.07) is 5.56. The van der Waals surface area contributed by atoms with Gasteiger partial charge in [0.15, 0.2) is 5.84 Å². The number of nitrogens with one attached hydrogen (secondary N) is 2. The molecule has 1 aliphatic rings. The number of aromatic amines is 1. The average Bonchev–Trinajstić information content (AvgIpc) is 2.87. The van der Waals surface area contributed by atoms with Crippen molar-refractivity contribution in [1.29, 1.82) is 0 Å². The summed E-state index contributed by atoms with van der Waals surface area (Å²) in [5, 5.41) is 4.98. The van der Waals surface area contributed by atoms with Gasteiger partial charge in [-0.25, -0.2) is 0 Å². The van der Waals surface area contributed by atoms with Crippen LogP contribution in [0.3, 0.4) is 0 Å². The number of hydrogen-bond donors (Lipinski definition) is 2. The van der Waals surface area contributed by atoms with E-state index in [1.165, 1.54) is 0 Å². The molecule has 0 aliphatic carbocycles. The van der Waals surface area contributed by atoms with Gasteiger partial charge in [0.25, 0.3) is 0 Å². The van der Waals surface area contributed by atoms with Crippen molar-refractivity contribution in [3.8, 4) is 5.75 Å². The van der Waals surface area contributed by atoms with E-state index in [2.05, 4.69) is 33.3 Å². The third-order valence-electron chi connectivity index (χ3n) is 3.98. The molecule has 0 saturated carbocycles. The van der Waals surface area contributed by atoms with Crippen molar-refractivity contribution in [3.05, 3.63) is 45.8 Å². The third-order valence-corrected chi connectivity index (χ3v) is 3.98. The maximum absolute atomic E-state index is 12.2. The molecule has 1 aromatic carbocycles. The number of amidine groups is 1. The zero-order valence-corrected chi connectivity index (χ0v) is 13.8. The SMILES string of the molecule is CCCCc1cc(=O)[nH]c2c(C3=NCC=C=NN3)c(OC)ccc12. The summed E-state index contributed by atoms with van der Waals surface area (Å²) in [5.41, 5.74) is 5.22. The van der Waals surface area contributed by atoms with Gasteiger partial charge >= 0.3 is 0 Å². The van der Waals surface area contributed by atoms with Gasteiger partial charge in [0, 0.05) is 23.4 Å². The number of hydrogen-bond acceptors (Lipinski definition) is 5. The highest BCUT2D eigenvalue weighted by Gasteiger charge is 2.17. The molecule has 0 atom stereocenters.